The lowest BCUT2D eigenvalue weighted by molar-refractivity contribution is 0.139. The summed E-state index contributed by atoms with van der Waals surface area (Å²) in [5, 5.41) is 0. The van der Waals surface area contributed by atoms with Crippen molar-refractivity contribution >= 4 is 0 Å². The van der Waals surface area contributed by atoms with Gasteiger partial charge < -0.3 is 0 Å². The first-order valence-corrected chi connectivity index (χ1v) is 11.3. The lowest BCUT2D eigenvalue weighted by Crippen LogP contribution is -2.25. The van der Waals surface area contributed by atoms with Gasteiger partial charge in [0.15, 0.2) is 0 Å². The summed E-state index contributed by atoms with van der Waals surface area (Å²) in [6.45, 7) is 4.66. The minimum Gasteiger partial charge on any atom is -0.0654 e. The Morgan fingerprint density at radius 3 is 1.39 bits per heavy atom. The van der Waals surface area contributed by atoms with Gasteiger partial charge in [0.1, 0.15) is 0 Å². The highest BCUT2D eigenvalue weighted by Gasteiger charge is 2.30. The predicted octanol–water partition coefficient (Wildman–Crippen LogP) is 8.15. The zero-order valence-corrected chi connectivity index (χ0v) is 16.3. The Balaban J connectivity index is 1.54. The molecule has 0 aromatic heterocycles. The lowest BCUT2D eigenvalue weighted by atomic mass is 9.68. The van der Waals surface area contributed by atoms with Crippen LogP contribution in [0, 0.1) is 23.7 Å². The van der Waals surface area contributed by atoms with E-state index in [0.717, 1.165) is 23.7 Å². The van der Waals surface area contributed by atoms with Crippen molar-refractivity contribution in [1.29, 1.82) is 0 Å². The van der Waals surface area contributed by atoms with Crippen LogP contribution in [0.4, 0.5) is 0 Å². The topological polar surface area (TPSA) is 0 Å². The molecule has 0 nitrogen and oxygen atoms in total. The van der Waals surface area contributed by atoms with Crippen LogP contribution in [0.15, 0.2) is 0 Å². The standard InChI is InChI=1S/C23H44/c1-3-5-7-8-9-11-21-14-18-23(19-15-21)22-16-12-20(13-17-22)10-6-4-2/h20-23H,3-19H2,1-2H3/t20-,21?,22-,23?. The average Bonchev–Trinajstić information content (AvgIpc) is 2.61. The maximum absolute atomic E-state index is 2.34. The van der Waals surface area contributed by atoms with Gasteiger partial charge >= 0.3 is 0 Å². The highest BCUT2D eigenvalue weighted by Crippen LogP contribution is 2.43. The SMILES string of the molecule is CCCCCCCC1CCC([C@H]2CC[C@H](CCCC)CC2)CC1. The van der Waals surface area contributed by atoms with Crippen molar-refractivity contribution in [3.63, 3.8) is 0 Å². The van der Waals surface area contributed by atoms with Crippen LogP contribution in [-0.2, 0) is 0 Å². The van der Waals surface area contributed by atoms with Crippen molar-refractivity contribution in [2.45, 2.75) is 123 Å². The van der Waals surface area contributed by atoms with E-state index in [9.17, 15) is 0 Å². The maximum atomic E-state index is 2.34. The summed E-state index contributed by atoms with van der Waals surface area (Å²) < 4.78 is 0. The van der Waals surface area contributed by atoms with Crippen LogP contribution in [0.2, 0.25) is 0 Å². The molecule has 0 spiro atoms. The van der Waals surface area contributed by atoms with Crippen LogP contribution in [0.25, 0.3) is 0 Å². The molecule has 0 heterocycles. The second-order valence-corrected chi connectivity index (χ2v) is 8.91. The highest BCUT2D eigenvalue weighted by atomic mass is 14.4. The van der Waals surface area contributed by atoms with Gasteiger partial charge in [0.25, 0.3) is 0 Å². The molecule has 2 rings (SSSR count). The summed E-state index contributed by atoms with van der Waals surface area (Å²) in [5.74, 6) is 4.40. The second-order valence-electron chi connectivity index (χ2n) is 8.91. The zero-order valence-electron chi connectivity index (χ0n) is 16.3. The van der Waals surface area contributed by atoms with E-state index in [2.05, 4.69) is 13.8 Å². The van der Waals surface area contributed by atoms with Crippen molar-refractivity contribution in [1.82, 2.24) is 0 Å². The second kappa shape index (κ2) is 11.5. The van der Waals surface area contributed by atoms with Gasteiger partial charge in [-0.25, -0.2) is 0 Å². The first kappa shape index (κ1) is 19.3. The van der Waals surface area contributed by atoms with Crippen molar-refractivity contribution in [2.24, 2.45) is 23.7 Å². The van der Waals surface area contributed by atoms with Gasteiger partial charge in [0.2, 0.25) is 0 Å². The van der Waals surface area contributed by atoms with Gasteiger partial charge in [-0.1, -0.05) is 97.3 Å². The Hall–Kier alpha value is 0. The number of rotatable bonds is 10. The molecular weight excluding hydrogens is 276 g/mol. The molecule has 23 heavy (non-hydrogen) atoms. The molecule has 0 radical (unpaired) electrons. The van der Waals surface area contributed by atoms with Crippen molar-refractivity contribution < 1.29 is 0 Å². The third-order valence-electron chi connectivity index (χ3n) is 7.13. The van der Waals surface area contributed by atoms with Gasteiger partial charge in [-0.2, -0.15) is 0 Å². The minimum absolute atomic E-state index is 1.09. The largest absolute Gasteiger partial charge is 0.0654 e. The average molecular weight is 321 g/mol. The van der Waals surface area contributed by atoms with E-state index >= 15 is 0 Å². The van der Waals surface area contributed by atoms with Gasteiger partial charge in [-0.05, 0) is 49.4 Å². The molecule has 136 valence electrons. The third-order valence-corrected chi connectivity index (χ3v) is 7.13. The fraction of sp³-hybridized carbons (Fsp3) is 1.00. The van der Waals surface area contributed by atoms with E-state index < -0.39 is 0 Å². The third kappa shape index (κ3) is 7.18. The Labute approximate surface area is 147 Å². The van der Waals surface area contributed by atoms with Gasteiger partial charge in [-0.3, -0.25) is 0 Å². The molecule has 2 fully saturated rings. The molecule has 0 N–H and O–H groups in total. The fourth-order valence-corrected chi connectivity index (χ4v) is 5.43. The van der Waals surface area contributed by atoms with Crippen molar-refractivity contribution in [3.8, 4) is 0 Å². The Morgan fingerprint density at radius 2 is 0.913 bits per heavy atom. The molecule has 0 aliphatic heterocycles. The first-order valence-electron chi connectivity index (χ1n) is 11.3. The minimum atomic E-state index is 1.09. The number of hydrogen-bond acceptors (Lipinski definition) is 0. The summed E-state index contributed by atoms with van der Waals surface area (Å²) in [4.78, 5) is 0. The number of hydrogen-bond donors (Lipinski definition) is 0. The predicted molar refractivity (Wildman–Crippen MR) is 104 cm³/mol. The quantitative estimate of drug-likeness (QED) is 0.356. The van der Waals surface area contributed by atoms with Crippen LogP contribution < -0.4 is 0 Å². The Morgan fingerprint density at radius 1 is 0.478 bits per heavy atom. The van der Waals surface area contributed by atoms with Crippen LogP contribution in [-0.4, -0.2) is 0 Å². The molecule has 0 atom stereocenters. The van der Waals surface area contributed by atoms with E-state index in [0.29, 0.717) is 0 Å². The molecule has 0 amide bonds. The summed E-state index contributed by atoms with van der Waals surface area (Å²) in [6, 6.07) is 0. The molecule has 0 bridgehead atoms. The molecule has 0 saturated heterocycles. The molecule has 2 aliphatic carbocycles. The number of unbranched alkanes of at least 4 members (excludes halogenated alkanes) is 5. The van der Waals surface area contributed by atoms with Crippen molar-refractivity contribution in [2.75, 3.05) is 0 Å². The van der Waals surface area contributed by atoms with Crippen molar-refractivity contribution in [3.05, 3.63) is 0 Å². The molecule has 2 saturated carbocycles. The Kier molecular flexibility index (Phi) is 9.69. The first-order chi connectivity index (χ1) is 11.3. The van der Waals surface area contributed by atoms with Gasteiger partial charge in [0.05, 0.1) is 0 Å². The monoisotopic (exact) mass is 320 g/mol. The molecule has 2 aliphatic rings. The highest BCUT2D eigenvalue weighted by molar-refractivity contribution is 4.82. The molecule has 0 heteroatoms. The van der Waals surface area contributed by atoms with Crippen LogP contribution in [0.3, 0.4) is 0 Å². The zero-order chi connectivity index (χ0) is 16.3. The molecule has 0 unspecified atom stereocenters. The van der Waals surface area contributed by atoms with E-state index in [-0.39, 0.29) is 0 Å². The summed E-state index contributed by atoms with van der Waals surface area (Å²) in [6.07, 6.45) is 25.8. The van der Waals surface area contributed by atoms with E-state index in [4.69, 9.17) is 0 Å². The summed E-state index contributed by atoms with van der Waals surface area (Å²) in [5.41, 5.74) is 0. The normalized spacial score (nSPS) is 32.1. The van der Waals surface area contributed by atoms with Crippen LogP contribution in [0.5, 0.6) is 0 Å². The van der Waals surface area contributed by atoms with E-state index in [1.807, 2.05) is 0 Å². The van der Waals surface area contributed by atoms with E-state index in [1.54, 1.807) is 57.8 Å². The summed E-state index contributed by atoms with van der Waals surface area (Å²) >= 11 is 0. The molecule has 0 aromatic rings. The van der Waals surface area contributed by atoms with Gasteiger partial charge in [0, 0.05) is 0 Å². The van der Waals surface area contributed by atoms with Crippen LogP contribution >= 0.6 is 0 Å². The smallest absolute Gasteiger partial charge is 0.0386 e. The van der Waals surface area contributed by atoms with Gasteiger partial charge in [-0.15, -0.1) is 0 Å². The lowest BCUT2D eigenvalue weighted by Gasteiger charge is -2.38. The molecule has 0 aromatic carbocycles. The Bertz CT molecular complexity index is 266. The maximum Gasteiger partial charge on any atom is -0.0386 e. The fourth-order valence-electron chi connectivity index (χ4n) is 5.43. The van der Waals surface area contributed by atoms with Crippen LogP contribution in [0.1, 0.15) is 123 Å². The molecular formula is C23H44. The van der Waals surface area contributed by atoms with E-state index in [1.165, 1.54) is 51.4 Å². The summed E-state index contributed by atoms with van der Waals surface area (Å²) in [7, 11) is 0.